The average Bonchev–Trinajstić information content (AvgIpc) is 2.72. The molecule has 2 amide bonds. The quantitative estimate of drug-likeness (QED) is 0.613. The predicted molar refractivity (Wildman–Crippen MR) is 110 cm³/mol. The average molecular weight is 416 g/mol. The van der Waals surface area contributed by atoms with Crippen LogP contribution < -0.4 is 15.4 Å². The zero-order valence-electron chi connectivity index (χ0n) is 17.1. The zero-order chi connectivity index (χ0) is 22.1. The largest absolute Gasteiger partial charge is 0.493 e. The van der Waals surface area contributed by atoms with E-state index in [9.17, 15) is 18.8 Å². The van der Waals surface area contributed by atoms with E-state index in [4.69, 9.17) is 9.47 Å². The summed E-state index contributed by atoms with van der Waals surface area (Å²) in [5.74, 6) is -2.45. The minimum absolute atomic E-state index is 0.0141. The van der Waals surface area contributed by atoms with Gasteiger partial charge in [0.25, 0.3) is 11.8 Å². The van der Waals surface area contributed by atoms with Crippen molar-refractivity contribution in [1.29, 1.82) is 0 Å². The molecule has 0 saturated carbocycles. The van der Waals surface area contributed by atoms with Crippen molar-refractivity contribution in [3.05, 3.63) is 59.9 Å². The number of hydrogen-bond acceptors (Lipinski definition) is 5. The second kappa shape index (κ2) is 10.9. The standard InChI is InChI=1S/C22H25FN2O5/c1-4-29-18-12-8-5-9-15(18)21(27)25-20(14(2)3)22(28)30-13-19(26)24-17-11-7-6-10-16(17)23/h5-12,14,20H,4,13H2,1-3H3,(H,24,26)(H,25,27)/t20-/m0/s1. The summed E-state index contributed by atoms with van der Waals surface area (Å²) in [6, 6.07) is 11.3. The van der Waals surface area contributed by atoms with Gasteiger partial charge in [-0.3, -0.25) is 9.59 Å². The fourth-order valence-electron chi connectivity index (χ4n) is 2.63. The summed E-state index contributed by atoms with van der Waals surface area (Å²) in [6.45, 7) is 5.05. The number of rotatable bonds is 9. The van der Waals surface area contributed by atoms with Crippen LogP contribution in [-0.2, 0) is 14.3 Å². The lowest BCUT2D eigenvalue weighted by Gasteiger charge is -2.21. The summed E-state index contributed by atoms with van der Waals surface area (Å²) in [4.78, 5) is 37.1. The number of anilines is 1. The van der Waals surface area contributed by atoms with Gasteiger partial charge >= 0.3 is 5.97 Å². The number of amides is 2. The molecule has 0 fully saturated rings. The molecule has 2 N–H and O–H groups in total. The zero-order valence-corrected chi connectivity index (χ0v) is 17.1. The fraction of sp³-hybridized carbons (Fsp3) is 0.318. The molecule has 0 aromatic heterocycles. The van der Waals surface area contributed by atoms with E-state index in [-0.39, 0.29) is 17.2 Å². The van der Waals surface area contributed by atoms with E-state index in [0.29, 0.717) is 12.4 Å². The Labute approximate surface area is 174 Å². The number of nitrogens with one attached hydrogen (secondary N) is 2. The maximum Gasteiger partial charge on any atom is 0.329 e. The van der Waals surface area contributed by atoms with Crippen molar-refractivity contribution >= 4 is 23.5 Å². The molecule has 0 aliphatic carbocycles. The van der Waals surface area contributed by atoms with Crippen LogP contribution in [0.2, 0.25) is 0 Å². The van der Waals surface area contributed by atoms with Crippen LogP contribution in [0.5, 0.6) is 5.75 Å². The number of carbonyl (C=O) groups excluding carboxylic acids is 3. The van der Waals surface area contributed by atoms with E-state index in [1.54, 1.807) is 51.1 Å². The van der Waals surface area contributed by atoms with Gasteiger partial charge in [0.15, 0.2) is 6.61 Å². The lowest BCUT2D eigenvalue weighted by molar-refractivity contribution is -0.150. The minimum Gasteiger partial charge on any atom is -0.493 e. The smallest absolute Gasteiger partial charge is 0.329 e. The van der Waals surface area contributed by atoms with Crippen molar-refractivity contribution in [1.82, 2.24) is 5.32 Å². The van der Waals surface area contributed by atoms with Crippen molar-refractivity contribution < 1.29 is 28.2 Å². The van der Waals surface area contributed by atoms with Gasteiger partial charge in [-0.2, -0.15) is 0 Å². The molecule has 0 radical (unpaired) electrons. The molecule has 0 saturated heterocycles. The first-order chi connectivity index (χ1) is 14.3. The molecule has 0 aliphatic rings. The molecule has 0 spiro atoms. The third kappa shape index (κ3) is 6.30. The molecule has 0 bridgehead atoms. The van der Waals surface area contributed by atoms with Crippen LogP contribution in [0, 0.1) is 11.7 Å². The highest BCUT2D eigenvalue weighted by Crippen LogP contribution is 2.18. The summed E-state index contributed by atoms with van der Waals surface area (Å²) >= 11 is 0. The van der Waals surface area contributed by atoms with Crippen LogP contribution in [-0.4, -0.2) is 37.0 Å². The first-order valence-electron chi connectivity index (χ1n) is 9.57. The lowest BCUT2D eigenvalue weighted by Crippen LogP contribution is -2.46. The highest BCUT2D eigenvalue weighted by atomic mass is 19.1. The van der Waals surface area contributed by atoms with Crippen molar-refractivity contribution in [2.24, 2.45) is 5.92 Å². The molecule has 7 nitrogen and oxygen atoms in total. The van der Waals surface area contributed by atoms with Gasteiger partial charge in [-0.15, -0.1) is 0 Å². The summed E-state index contributed by atoms with van der Waals surface area (Å²) in [5, 5.41) is 4.96. The maximum absolute atomic E-state index is 13.6. The first kappa shape index (κ1) is 22.9. The number of para-hydroxylation sites is 2. The number of halogens is 1. The molecule has 1 atom stereocenters. The molecule has 8 heteroatoms. The van der Waals surface area contributed by atoms with Crippen LogP contribution >= 0.6 is 0 Å². The van der Waals surface area contributed by atoms with Crippen LogP contribution in [0.1, 0.15) is 31.1 Å². The Balaban J connectivity index is 1.98. The molecule has 2 rings (SSSR count). The topological polar surface area (TPSA) is 93.7 Å². The Kier molecular flexibility index (Phi) is 8.34. The molecule has 160 valence electrons. The van der Waals surface area contributed by atoms with Crippen LogP contribution in [0.15, 0.2) is 48.5 Å². The summed E-state index contributed by atoms with van der Waals surface area (Å²) in [5.41, 5.74) is 0.273. The van der Waals surface area contributed by atoms with Gasteiger partial charge in [0.05, 0.1) is 17.9 Å². The molecule has 2 aromatic rings. The van der Waals surface area contributed by atoms with Gasteiger partial charge in [-0.25, -0.2) is 9.18 Å². The summed E-state index contributed by atoms with van der Waals surface area (Å²) in [6.07, 6.45) is 0. The number of carbonyl (C=O) groups is 3. The van der Waals surface area contributed by atoms with Crippen LogP contribution in [0.3, 0.4) is 0 Å². The Morgan fingerprint density at radius 2 is 1.70 bits per heavy atom. The Morgan fingerprint density at radius 1 is 1.03 bits per heavy atom. The lowest BCUT2D eigenvalue weighted by atomic mass is 10.0. The van der Waals surface area contributed by atoms with E-state index in [0.717, 1.165) is 0 Å². The van der Waals surface area contributed by atoms with Gasteiger partial charge in [0.1, 0.15) is 17.6 Å². The van der Waals surface area contributed by atoms with E-state index in [1.807, 2.05) is 0 Å². The van der Waals surface area contributed by atoms with Gasteiger partial charge in [-0.1, -0.05) is 38.1 Å². The summed E-state index contributed by atoms with van der Waals surface area (Å²) < 4.78 is 24.1. The van der Waals surface area contributed by atoms with Crippen molar-refractivity contribution in [2.75, 3.05) is 18.5 Å². The van der Waals surface area contributed by atoms with E-state index in [2.05, 4.69) is 10.6 Å². The molecule has 0 unspecified atom stereocenters. The number of benzene rings is 2. The Bertz CT molecular complexity index is 901. The Hall–Kier alpha value is -3.42. The third-order valence-electron chi connectivity index (χ3n) is 4.13. The normalized spacial score (nSPS) is 11.5. The van der Waals surface area contributed by atoms with Gasteiger partial charge in [0.2, 0.25) is 0 Å². The van der Waals surface area contributed by atoms with Crippen LogP contribution in [0.25, 0.3) is 0 Å². The molecular formula is C22H25FN2O5. The van der Waals surface area contributed by atoms with E-state index < -0.39 is 36.2 Å². The predicted octanol–water partition coefficient (Wildman–Crippen LogP) is 3.16. The fourth-order valence-corrected chi connectivity index (χ4v) is 2.63. The van der Waals surface area contributed by atoms with Gasteiger partial charge in [0, 0.05) is 0 Å². The highest BCUT2D eigenvalue weighted by molar-refractivity contribution is 5.99. The van der Waals surface area contributed by atoms with Crippen molar-refractivity contribution in [2.45, 2.75) is 26.8 Å². The minimum atomic E-state index is -0.978. The van der Waals surface area contributed by atoms with E-state index >= 15 is 0 Å². The SMILES string of the molecule is CCOc1ccccc1C(=O)N[C@H](C(=O)OCC(=O)Nc1ccccc1F)C(C)C. The second-order valence-corrected chi connectivity index (χ2v) is 6.76. The molecule has 30 heavy (non-hydrogen) atoms. The summed E-state index contributed by atoms with van der Waals surface area (Å²) in [7, 11) is 0. The molecular weight excluding hydrogens is 391 g/mol. The maximum atomic E-state index is 13.6. The Morgan fingerprint density at radius 3 is 2.37 bits per heavy atom. The van der Waals surface area contributed by atoms with Crippen LogP contribution in [0.4, 0.5) is 10.1 Å². The number of hydrogen-bond donors (Lipinski definition) is 2. The monoisotopic (exact) mass is 416 g/mol. The van der Waals surface area contributed by atoms with Crippen molar-refractivity contribution in [3.63, 3.8) is 0 Å². The molecule has 0 aliphatic heterocycles. The van der Waals surface area contributed by atoms with E-state index in [1.165, 1.54) is 18.2 Å². The van der Waals surface area contributed by atoms with Gasteiger partial charge in [-0.05, 0) is 37.1 Å². The second-order valence-electron chi connectivity index (χ2n) is 6.76. The number of ether oxygens (including phenoxy) is 2. The molecule has 2 aromatic carbocycles. The first-order valence-corrected chi connectivity index (χ1v) is 9.57. The number of esters is 1. The van der Waals surface area contributed by atoms with Crippen molar-refractivity contribution in [3.8, 4) is 5.75 Å². The highest BCUT2D eigenvalue weighted by Gasteiger charge is 2.27. The third-order valence-corrected chi connectivity index (χ3v) is 4.13. The molecule has 0 heterocycles. The van der Waals surface area contributed by atoms with Gasteiger partial charge < -0.3 is 20.1 Å².